The SMILES string of the molecule is C=CCN(Cc1ccccc1)C(=O)[C@H]1[C@@H]2OC3(CC2Br)C(C(=O)N(CC=C)c2c(C)cccc2C)N([C@H](C)CO)C(=O)[C@H]13. The molecule has 3 amide bonds. The van der Waals surface area contributed by atoms with Gasteiger partial charge in [0.15, 0.2) is 0 Å². The van der Waals surface area contributed by atoms with Crippen LogP contribution in [-0.2, 0) is 25.7 Å². The lowest BCUT2D eigenvalue weighted by Gasteiger charge is -2.39. The van der Waals surface area contributed by atoms with E-state index < -0.39 is 35.6 Å². The Bertz CT molecular complexity index is 1400. The topological polar surface area (TPSA) is 90.4 Å². The average Bonchev–Trinajstić information content (AvgIpc) is 3.59. The quantitative estimate of drug-likeness (QED) is 0.292. The van der Waals surface area contributed by atoms with Crippen LogP contribution in [0.3, 0.4) is 0 Å². The van der Waals surface area contributed by atoms with Crippen molar-refractivity contribution in [2.24, 2.45) is 11.8 Å². The number of hydrogen-bond acceptors (Lipinski definition) is 5. The summed E-state index contributed by atoms with van der Waals surface area (Å²) in [6.45, 7) is 13.9. The maximum atomic E-state index is 14.8. The number of para-hydroxylation sites is 1. The number of aryl methyl sites for hydroxylation is 2. The van der Waals surface area contributed by atoms with Crippen molar-refractivity contribution >= 4 is 39.3 Å². The highest BCUT2D eigenvalue weighted by Gasteiger charge is 2.77. The number of carbonyl (C=O) groups is 3. The summed E-state index contributed by atoms with van der Waals surface area (Å²) in [4.78, 5) is 48.2. The van der Waals surface area contributed by atoms with Crippen LogP contribution in [0.5, 0.6) is 0 Å². The number of ether oxygens (including phenoxy) is 1. The van der Waals surface area contributed by atoms with Gasteiger partial charge in [0.2, 0.25) is 11.8 Å². The summed E-state index contributed by atoms with van der Waals surface area (Å²) in [5.41, 5.74) is 2.31. The zero-order valence-electron chi connectivity index (χ0n) is 25.0. The first-order valence-electron chi connectivity index (χ1n) is 14.8. The van der Waals surface area contributed by atoms with Crippen LogP contribution in [0.25, 0.3) is 0 Å². The van der Waals surface area contributed by atoms with E-state index >= 15 is 0 Å². The average molecular weight is 651 g/mol. The minimum Gasteiger partial charge on any atom is -0.394 e. The number of hydrogen-bond donors (Lipinski definition) is 1. The molecule has 0 aliphatic carbocycles. The van der Waals surface area contributed by atoms with Crippen molar-refractivity contribution < 1.29 is 24.2 Å². The Labute approximate surface area is 262 Å². The van der Waals surface area contributed by atoms with E-state index in [0.717, 1.165) is 22.4 Å². The number of aliphatic hydroxyl groups excluding tert-OH is 1. The molecule has 228 valence electrons. The van der Waals surface area contributed by atoms with Gasteiger partial charge in [-0.05, 0) is 43.9 Å². The second-order valence-corrected chi connectivity index (χ2v) is 13.1. The van der Waals surface area contributed by atoms with E-state index in [1.165, 1.54) is 4.90 Å². The molecule has 5 rings (SSSR count). The fraction of sp³-hybridized carbons (Fsp3) is 0.441. The molecule has 43 heavy (non-hydrogen) atoms. The molecule has 3 fully saturated rings. The van der Waals surface area contributed by atoms with E-state index in [4.69, 9.17) is 4.74 Å². The Balaban J connectivity index is 1.59. The molecule has 3 unspecified atom stereocenters. The lowest BCUT2D eigenvalue weighted by molar-refractivity contribution is -0.147. The Morgan fingerprint density at radius 3 is 2.35 bits per heavy atom. The third kappa shape index (κ3) is 5.15. The van der Waals surface area contributed by atoms with Crippen molar-refractivity contribution in [3.05, 3.63) is 90.5 Å². The molecule has 3 aliphatic heterocycles. The van der Waals surface area contributed by atoms with Gasteiger partial charge in [-0.3, -0.25) is 14.4 Å². The van der Waals surface area contributed by atoms with Crippen molar-refractivity contribution in [1.29, 1.82) is 0 Å². The summed E-state index contributed by atoms with van der Waals surface area (Å²) in [5.74, 6) is -2.52. The van der Waals surface area contributed by atoms with Crippen LogP contribution in [0, 0.1) is 25.7 Å². The second-order valence-electron chi connectivity index (χ2n) is 11.9. The number of amides is 3. The summed E-state index contributed by atoms with van der Waals surface area (Å²) in [6, 6.07) is 13.8. The van der Waals surface area contributed by atoms with Crippen LogP contribution in [-0.4, -0.2) is 80.9 Å². The predicted molar refractivity (Wildman–Crippen MR) is 170 cm³/mol. The van der Waals surface area contributed by atoms with E-state index in [1.54, 1.807) is 28.9 Å². The van der Waals surface area contributed by atoms with Gasteiger partial charge in [0.25, 0.3) is 5.91 Å². The highest BCUT2D eigenvalue weighted by atomic mass is 79.9. The Morgan fingerprint density at radius 2 is 1.74 bits per heavy atom. The molecule has 8 nitrogen and oxygen atoms in total. The number of anilines is 1. The monoisotopic (exact) mass is 649 g/mol. The molecule has 0 radical (unpaired) electrons. The van der Waals surface area contributed by atoms with Gasteiger partial charge in [-0.1, -0.05) is 76.6 Å². The molecular formula is C34H40BrN3O5. The molecule has 3 saturated heterocycles. The number of alkyl halides is 1. The van der Waals surface area contributed by atoms with Crippen LogP contribution in [0.4, 0.5) is 5.69 Å². The van der Waals surface area contributed by atoms with Gasteiger partial charge >= 0.3 is 0 Å². The van der Waals surface area contributed by atoms with Crippen LogP contribution in [0.1, 0.15) is 30.0 Å². The third-order valence-electron chi connectivity index (χ3n) is 9.15. The van der Waals surface area contributed by atoms with Gasteiger partial charge < -0.3 is 24.5 Å². The summed E-state index contributed by atoms with van der Waals surface area (Å²) >= 11 is 3.76. The molecule has 2 aromatic rings. The lowest BCUT2D eigenvalue weighted by atomic mass is 9.70. The first-order valence-corrected chi connectivity index (χ1v) is 15.7. The van der Waals surface area contributed by atoms with E-state index in [9.17, 15) is 19.5 Å². The van der Waals surface area contributed by atoms with Crippen LogP contribution < -0.4 is 4.90 Å². The molecular weight excluding hydrogens is 610 g/mol. The fourth-order valence-electron chi connectivity index (χ4n) is 7.39. The highest BCUT2D eigenvalue weighted by molar-refractivity contribution is 9.09. The van der Waals surface area contributed by atoms with E-state index in [2.05, 4.69) is 29.1 Å². The number of likely N-dealkylation sites (tertiary alicyclic amines) is 1. The number of nitrogens with zero attached hydrogens (tertiary/aromatic N) is 3. The standard InChI is InChI=1S/C34H40BrN3O5/c1-6-16-36(19-24-14-9-8-10-15-24)31(40)26-27-32(41)38(23(5)20-39)30(34(27)18-25(35)29(26)43-34)33(42)37(17-7-2)28-21(3)12-11-13-22(28)4/h6-15,23,25-27,29-30,39H,1-2,16-20H2,3-5H3/t23-,25?,26-,27+,29-,30?,34?/m1/s1. The van der Waals surface area contributed by atoms with Gasteiger partial charge in [-0.15, -0.1) is 13.2 Å². The number of fused-ring (bicyclic) bond motifs is 1. The summed E-state index contributed by atoms with van der Waals surface area (Å²) in [6.07, 6.45) is 3.15. The third-order valence-corrected chi connectivity index (χ3v) is 9.99. The predicted octanol–water partition coefficient (Wildman–Crippen LogP) is 4.17. The Kier molecular flexibility index (Phi) is 8.97. The molecule has 3 aliphatic rings. The molecule has 2 aromatic carbocycles. The number of aliphatic hydroxyl groups is 1. The van der Waals surface area contributed by atoms with Crippen molar-refractivity contribution in [3.63, 3.8) is 0 Å². The van der Waals surface area contributed by atoms with Gasteiger partial charge in [-0.25, -0.2) is 0 Å². The molecule has 0 aromatic heterocycles. The molecule has 1 spiro atoms. The number of carbonyl (C=O) groups excluding carboxylic acids is 3. The Morgan fingerprint density at radius 1 is 1.09 bits per heavy atom. The summed E-state index contributed by atoms with van der Waals surface area (Å²) in [7, 11) is 0. The van der Waals surface area contributed by atoms with Crippen LogP contribution >= 0.6 is 15.9 Å². The zero-order valence-corrected chi connectivity index (χ0v) is 26.6. The minimum atomic E-state index is -1.24. The molecule has 2 bridgehead atoms. The van der Waals surface area contributed by atoms with E-state index in [-0.39, 0.29) is 35.7 Å². The normalized spacial score (nSPS) is 28.0. The smallest absolute Gasteiger partial charge is 0.253 e. The molecule has 0 saturated carbocycles. The second kappa shape index (κ2) is 12.4. The number of halogens is 1. The van der Waals surface area contributed by atoms with E-state index in [1.807, 2.05) is 62.4 Å². The lowest BCUT2D eigenvalue weighted by Crippen LogP contribution is -2.59. The maximum Gasteiger partial charge on any atom is 0.253 e. The van der Waals surface area contributed by atoms with Crippen molar-refractivity contribution in [3.8, 4) is 0 Å². The van der Waals surface area contributed by atoms with Gasteiger partial charge in [-0.2, -0.15) is 0 Å². The molecule has 9 heteroatoms. The van der Waals surface area contributed by atoms with Gasteiger partial charge in [0.1, 0.15) is 11.6 Å². The first-order chi connectivity index (χ1) is 20.6. The first kappa shape index (κ1) is 31.2. The summed E-state index contributed by atoms with van der Waals surface area (Å²) < 4.78 is 6.72. The Hall–Kier alpha value is -3.27. The van der Waals surface area contributed by atoms with Crippen molar-refractivity contribution in [2.45, 2.75) is 62.4 Å². The van der Waals surface area contributed by atoms with Crippen molar-refractivity contribution in [1.82, 2.24) is 9.80 Å². The maximum absolute atomic E-state index is 14.8. The summed E-state index contributed by atoms with van der Waals surface area (Å²) in [5, 5.41) is 10.3. The molecule has 1 N–H and O–H groups in total. The van der Waals surface area contributed by atoms with Crippen molar-refractivity contribution in [2.75, 3.05) is 24.6 Å². The van der Waals surface area contributed by atoms with Crippen LogP contribution in [0.2, 0.25) is 0 Å². The van der Waals surface area contributed by atoms with Gasteiger partial charge in [0.05, 0.1) is 30.6 Å². The van der Waals surface area contributed by atoms with Gasteiger partial charge in [0, 0.05) is 30.1 Å². The minimum absolute atomic E-state index is 0.208. The number of benzene rings is 2. The number of rotatable bonds is 11. The zero-order chi connectivity index (χ0) is 31.1. The highest BCUT2D eigenvalue weighted by Crippen LogP contribution is 2.61. The molecule has 3 heterocycles. The largest absolute Gasteiger partial charge is 0.394 e. The molecule has 7 atom stereocenters. The van der Waals surface area contributed by atoms with Crippen LogP contribution in [0.15, 0.2) is 73.8 Å². The fourth-order valence-corrected chi connectivity index (χ4v) is 8.34. The van der Waals surface area contributed by atoms with E-state index in [0.29, 0.717) is 19.5 Å².